The number of aromatic nitrogens is 2. The van der Waals surface area contributed by atoms with Crippen molar-refractivity contribution in [2.75, 3.05) is 17.2 Å². The summed E-state index contributed by atoms with van der Waals surface area (Å²) < 4.78 is 1.74. The summed E-state index contributed by atoms with van der Waals surface area (Å²) >= 11 is 3.36. The van der Waals surface area contributed by atoms with E-state index in [4.69, 9.17) is 0 Å². The summed E-state index contributed by atoms with van der Waals surface area (Å²) in [5.41, 5.74) is 1.79. The number of alkyl halides is 1. The molecule has 1 aliphatic heterocycles. The number of rotatable bonds is 2. The summed E-state index contributed by atoms with van der Waals surface area (Å²) in [5.74, 6) is 0.724. The SMILES string of the molecule is Cc1nc2n(c(=O)c1CCBr)CCCN2. The number of hydrogen-bond donors (Lipinski definition) is 1. The summed E-state index contributed by atoms with van der Waals surface area (Å²) in [4.78, 5) is 16.5. The first-order valence-corrected chi connectivity index (χ1v) is 6.26. The number of fused-ring (bicyclic) bond motifs is 1. The number of anilines is 1. The zero-order valence-electron chi connectivity index (χ0n) is 8.72. The van der Waals surface area contributed by atoms with Gasteiger partial charge in [0.25, 0.3) is 5.56 Å². The Kier molecular flexibility index (Phi) is 3.09. The molecule has 0 unspecified atom stereocenters. The van der Waals surface area contributed by atoms with Gasteiger partial charge in [-0.1, -0.05) is 15.9 Å². The van der Waals surface area contributed by atoms with Gasteiger partial charge in [0.2, 0.25) is 5.95 Å². The highest BCUT2D eigenvalue weighted by molar-refractivity contribution is 9.09. The molecule has 0 bridgehead atoms. The maximum absolute atomic E-state index is 12.1. The normalized spacial score (nSPS) is 14.5. The molecule has 4 nitrogen and oxygen atoms in total. The summed E-state index contributed by atoms with van der Waals surface area (Å²) in [7, 11) is 0. The molecule has 1 aromatic heterocycles. The molecule has 0 aromatic carbocycles. The molecule has 15 heavy (non-hydrogen) atoms. The van der Waals surface area contributed by atoms with Gasteiger partial charge in [-0.3, -0.25) is 9.36 Å². The maximum atomic E-state index is 12.1. The van der Waals surface area contributed by atoms with Gasteiger partial charge in [0.15, 0.2) is 0 Å². The van der Waals surface area contributed by atoms with E-state index in [9.17, 15) is 4.79 Å². The van der Waals surface area contributed by atoms with Crippen LogP contribution in [-0.4, -0.2) is 21.4 Å². The number of nitrogens with one attached hydrogen (secondary N) is 1. The average Bonchev–Trinajstić information content (AvgIpc) is 2.24. The molecular formula is C10H14BrN3O. The van der Waals surface area contributed by atoms with Crippen LogP contribution in [0, 0.1) is 6.92 Å². The zero-order valence-corrected chi connectivity index (χ0v) is 10.3. The fourth-order valence-corrected chi connectivity index (χ4v) is 2.26. The summed E-state index contributed by atoms with van der Waals surface area (Å²) in [6.45, 7) is 3.59. The molecule has 0 radical (unpaired) electrons. The first-order valence-electron chi connectivity index (χ1n) is 5.14. The van der Waals surface area contributed by atoms with E-state index < -0.39 is 0 Å². The number of nitrogens with zero attached hydrogens (tertiary/aromatic N) is 2. The number of aryl methyl sites for hydroxylation is 1. The molecule has 2 heterocycles. The molecule has 1 aromatic rings. The zero-order chi connectivity index (χ0) is 10.8. The van der Waals surface area contributed by atoms with E-state index in [1.807, 2.05) is 6.92 Å². The van der Waals surface area contributed by atoms with E-state index in [1.165, 1.54) is 0 Å². The van der Waals surface area contributed by atoms with Gasteiger partial charge in [-0.2, -0.15) is 0 Å². The molecule has 0 saturated heterocycles. The van der Waals surface area contributed by atoms with E-state index in [0.717, 1.165) is 48.5 Å². The third-order valence-electron chi connectivity index (χ3n) is 2.66. The van der Waals surface area contributed by atoms with E-state index in [-0.39, 0.29) is 5.56 Å². The van der Waals surface area contributed by atoms with Crippen LogP contribution in [-0.2, 0) is 13.0 Å². The third kappa shape index (κ3) is 1.93. The van der Waals surface area contributed by atoms with Crippen LogP contribution >= 0.6 is 15.9 Å². The van der Waals surface area contributed by atoms with Crippen LogP contribution in [0.4, 0.5) is 5.95 Å². The highest BCUT2D eigenvalue weighted by Crippen LogP contribution is 2.11. The molecule has 1 N–H and O–H groups in total. The molecule has 0 saturated carbocycles. The van der Waals surface area contributed by atoms with Crippen molar-refractivity contribution >= 4 is 21.9 Å². The third-order valence-corrected chi connectivity index (χ3v) is 3.05. The molecule has 0 amide bonds. The van der Waals surface area contributed by atoms with Crippen molar-refractivity contribution in [2.24, 2.45) is 0 Å². The van der Waals surface area contributed by atoms with Crippen molar-refractivity contribution in [1.82, 2.24) is 9.55 Å². The van der Waals surface area contributed by atoms with Gasteiger partial charge in [-0.25, -0.2) is 4.98 Å². The van der Waals surface area contributed by atoms with Gasteiger partial charge in [-0.05, 0) is 19.8 Å². The second-order valence-corrected chi connectivity index (χ2v) is 4.47. The standard InChI is InChI=1S/C10H14BrN3O/c1-7-8(3-4-11)9(15)14-6-2-5-12-10(14)13-7/h2-6H2,1H3,(H,12,13). The minimum Gasteiger partial charge on any atom is -0.355 e. The predicted octanol–water partition coefficient (Wildman–Crippen LogP) is 1.30. The Hall–Kier alpha value is -0.840. The van der Waals surface area contributed by atoms with Crippen molar-refractivity contribution in [3.05, 3.63) is 21.6 Å². The minimum atomic E-state index is 0.115. The molecule has 82 valence electrons. The second kappa shape index (κ2) is 4.35. The Labute approximate surface area is 96.8 Å². The molecular weight excluding hydrogens is 258 g/mol. The van der Waals surface area contributed by atoms with Crippen LogP contribution in [0.15, 0.2) is 4.79 Å². The van der Waals surface area contributed by atoms with E-state index in [0.29, 0.717) is 0 Å². The van der Waals surface area contributed by atoms with Crippen molar-refractivity contribution < 1.29 is 0 Å². The van der Waals surface area contributed by atoms with Crippen LogP contribution in [0.1, 0.15) is 17.7 Å². The first kappa shape index (κ1) is 10.7. The van der Waals surface area contributed by atoms with E-state index >= 15 is 0 Å². The van der Waals surface area contributed by atoms with Crippen LogP contribution < -0.4 is 10.9 Å². The number of hydrogen-bond acceptors (Lipinski definition) is 3. The van der Waals surface area contributed by atoms with Gasteiger partial charge in [0.05, 0.1) is 0 Å². The Morgan fingerprint density at radius 2 is 2.40 bits per heavy atom. The topological polar surface area (TPSA) is 46.9 Å². The lowest BCUT2D eigenvalue weighted by Crippen LogP contribution is -2.33. The second-order valence-electron chi connectivity index (χ2n) is 3.68. The van der Waals surface area contributed by atoms with Crippen molar-refractivity contribution in [3.8, 4) is 0 Å². The lowest BCUT2D eigenvalue weighted by molar-refractivity contribution is 0.588. The number of halogens is 1. The maximum Gasteiger partial charge on any atom is 0.258 e. The average molecular weight is 272 g/mol. The molecule has 0 atom stereocenters. The van der Waals surface area contributed by atoms with Gasteiger partial charge in [0.1, 0.15) is 0 Å². The summed E-state index contributed by atoms with van der Waals surface area (Å²) in [6, 6.07) is 0. The monoisotopic (exact) mass is 271 g/mol. The largest absolute Gasteiger partial charge is 0.355 e. The molecule has 0 spiro atoms. The van der Waals surface area contributed by atoms with Crippen LogP contribution in [0.3, 0.4) is 0 Å². The van der Waals surface area contributed by atoms with Gasteiger partial charge in [-0.15, -0.1) is 0 Å². The van der Waals surface area contributed by atoms with Gasteiger partial charge < -0.3 is 5.32 Å². The van der Waals surface area contributed by atoms with Gasteiger partial charge >= 0.3 is 0 Å². The molecule has 0 aliphatic carbocycles. The Balaban J connectivity index is 2.54. The van der Waals surface area contributed by atoms with Crippen LogP contribution in [0.2, 0.25) is 0 Å². The van der Waals surface area contributed by atoms with Crippen LogP contribution in [0.25, 0.3) is 0 Å². The van der Waals surface area contributed by atoms with E-state index in [1.54, 1.807) is 4.57 Å². The molecule has 0 fully saturated rings. The predicted molar refractivity (Wildman–Crippen MR) is 63.8 cm³/mol. The van der Waals surface area contributed by atoms with Crippen molar-refractivity contribution in [2.45, 2.75) is 26.3 Å². The Morgan fingerprint density at radius 1 is 1.60 bits per heavy atom. The Morgan fingerprint density at radius 3 is 3.13 bits per heavy atom. The van der Waals surface area contributed by atoms with Crippen LogP contribution in [0.5, 0.6) is 0 Å². The quantitative estimate of drug-likeness (QED) is 0.826. The van der Waals surface area contributed by atoms with Crippen molar-refractivity contribution in [3.63, 3.8) is 0 Å². The fraction of sp³-hybridized carbons (Fsp3) is 0.600. The molecule has 2 rings (SSSR count). The lowest BCUT2D eigenvalue weighted by atomic mass is 10.2. The highest BCUT2D eigenvalue weighted by Gasteiger charge is 2.15. The molecule has 5 heteroatoms. The smallest absolute Gasteiger partial charge is 0.258 e. The van der Waals surface area contributed by atoms with Crippen molar-refractivity contribution in [1.29, 1.82) is 0 Å². The van der Waals surface area contributed by atoms with E-state index in [2.05, 4.69) is 26.2 Å². The summed E-state index contributed by atoms with van der Waals surface area (Å²) in [6.07, 6.45) is 1.74. The van der Waals surface area contributed by atoms with Gasteiger partial charge in [0, 0.05) is 29.7 Å². The Bertz CT molecular complexity index is 427. The lowest BCUT2D eigenvalue weighted by Gasteiger charge is -2.20. The highest BCUT2D eigenvalue weighted by atomic mass is 79.9. The fourth-order valence-electron chi connectivity index (χ4n) is 1.86. The minimum absolute atomic E-state index is 0.115. The molecule has 1 aliphatic rings. The first-order chi connectivity index (χ1) is 7.24. The summed E-state index contributed by atoms with van der Waals surface area (Å²) in [5, 5.41) is 3.96.